The number of carbonyl (C=O) groups excluding carboxylic acids is 1. The van der Waals surface area contributed by atoms with Gasteiger partial charge in [-0.05, 0) is 36.1 Å². The summed E-state index contributed by atoms with van der Waals surface area (Å²) in [6.45, 7) is 4.25. The molecular weight excluding hydrogens is 229 g/mol. The van der Waals surface area contributed by atoms with Crippen LogP contribution in [0.2, 0.25) is 0 Å². The number of hydrogen-bond donors (Lipinski definition) is 1. The summed E-state index contributed by atoms with van der Waals surface area (Å²) in [4.78, 5) is 12.0. The van der Waals surface area contributed by atoms with Crippen molar-refractivity contribution < 1.29 is 9.18 Å². The number of halogens is 1. The fraction of sp³-hybridized carbons (Fsp3) is 0.533. The van der Waals surface area contributed by atoms with E-state index in [2.05, 4.69) is 19.2 Å². The molecule has 2 nitrogen and oxygen atoms in total. The fourth-order valence-electron chi connectivity index (χ4n) is 2.70. The first-order valence-corrected chi connectivity index (χ1v) is 6.73. The molecule has 0 saturated carbocycles. The Hall–Kier alpha value is -1.38. The van der Waals surface area contributed by atoms with Gasteiger partial charge in [-0.1, -0.05) is 33.1 Å². The van der Waals surface area contributed by atoms with Gasteiger partial charge in [0.2, 0.25) is 5.91 Å². The van der Waals surface area contributed by atoms with E-state index in [1.165, 1.54) is 25.0 Å². The molecule has 18 heavy (non-hydrogen) atoms. The van der Waals surface area contributed by atoms with Gasteiger partial charge in [-0.15, -0.1) is 0 Å². The van der Waals surface area contributed by atoms with Crippen LogP contribution in [0.3, 0.4) is 0 Å². The molecule has 0 saturated heterocycles. The molecule has 2 rings (SSSR count). The molecule has 1 aromatic carbocycles. The molecular formula is C15H20FNO. The maximum atomic E-state index is 13.3. The number of nitrogens with one attached hydrogen (secondary N) is 1. The first-order valence-electron chi connectivity index (χ1n) is 6.73. The number of rotatable bonds is 5. The van der Waals surface area contributed by atoms with E-state index in [1.54, 1.807) is 6.07 Å². The third-order valence-electron chi connectivity index (χ3n) is 3.72. The first kappa shape index (κ1) is 13.1. The minimum Gasteiger partial charge on any atom is -0.325 e. The number of fused-ring (bicyclic) bond motifs is 1. The molecule has 0 radical (unpaired) electrons. The molecule has 0 bridgehead atoms. The van der Waals surface area contributed by atoms with E-state index >= 15 is 0 Å². The van der Waals surface area contributed by atoms with Crippen molar-refractivity contribution in [2.75, 3.05) is 5.32 Å². The monoisotopic (exact) mass is 249 g/mol. The second-order valence-corrected chi connectivity index (χ2v) is 5.17. The SMILES string of the molecule is CCCCCC(C)C1C(=O)Nc2ccc(F)cc21. The van der Waals surface area contributed by atoms with E-state index < -0.39 is 0 Å². The molecule has 0 aliphatic carbocycles. The van der Waals surface area contributed by atoms with E-state index in [0.29, 0.717) is 0 Å². The number of benzene rings is 1. The molecule has 1 aliphatic heterocycles. The smallest absolute Gasteiger partial charge is 0.232 e. The molecule has 3 heteroatoms. The van der Waals surface area contributed by atoms with E-state index in [4.69, 9.17) is 0 Å². The Morgan fingerprint density at radius 1 is 1.39 bits per heavy atom. The van der Waals surface area contributed by atoms with E-state index in [1.807, 2.05) is 0 Å². The quantitative estimate of drug-likeness (QED) is 0.783. The van der Waals surface area contributed by atoms with Crippen LogP contribution in [0.15, 0.2) is 18.2 Å². The van der Waals surface area contributed by atoms with Gasteiger partial charge in [0, 0.05) is 5.69 Å². The highest BCUT2D eigenvalue weighted by Gasteiger charge is 2.34. The van der Waals surface area contributed by atoms with Crippen molar-refractivity contribution in [1.82, 2.24) is 0 Å². The number of anilines is 1. The molecule has 2 atom stereocenters. The first-order chi connectivity index (χ1) is 8.63. The van der Waals surface area contributed by atoms with Crippen molar-refractivity contribution >= 4 is 11.6 Å². The lowest BCUT2D eigenvalue weighted by Gasteiger charge is -2.17. The van der Waals surface area contributed by atoms with Crippen LogP contribution in [0.1, 0.15) is 51.0 Å². The zero-order valence-electron chi connectivity index (χ0n) is 11.0. The van der Waals surface area contributed by atoms with Crippen molar-refractivity contribution in [2.45, 2.75) is 45.4 Å². The van der Waals surface area contributed by atoms with Gasteiger partial charge in [0.1, 0.15) is 5.82 Å². The second-order valence-electron chi connectivity index (χ2n) is 5.17. The summed E-state index contributed by atoms with van der Waals surface area (Å²) >= 11 is 0. The molecule has 1 N–H and O–H groups in total. The average molecular weight is 249 g/mol. The Morgan fingerprint density at radius 3 is 2.89 bits per heavy atom. The van der Waals surface area contributed by atoms with Crippen LogP contribution in [0, 0.1) is 11.7 Å². The van der Waals surface area contributed by atoms with Gasteiger partial charge in [0.25, 0.3) is 0 Å². The lowest BCUT2D eigenvalue weighted by Crippen LogP contribution is -2.19. The third kappa shape index (κ3) is 2.55. The van der Waals surface area contributed by atoms with Crippen molar-refractivity contribution in [1.29, 1.82) is 0 Å². The second kappa shape index (κ2) is 5.51. The minimum absolute atomic E-state index is 0.0135. The zero-order chi connectivity index (χ0) is 13.1. The Labute approximate surface area is 108 Å². The van der Waals surface area contributed by atoms with Crippen molar-refractivity contribution in [3.8, 4) is 0 Å². The van der Waals surface area contributed by atoms with Gasteiger partial charge in [0.05, 0.1) is 5.92 Å². The molecule has 1 heterocycles. The van der Waals surface area contributed by atoms with Crippen LogP contribution < -0.4 is 5.32 Å². The predicted molar refractivity (Wildman–Crippen MR) is 71.1 cm³/mol. The number of unbranched alkanes of at least 4 members (excludes halogenated alkanes) is 2. The number of amides is 1. The predicted octanol–water partition coefficient (Wildman–Crippen LogP) is 4.08. The van der Waals surface area contributed by atoms with Gasteiger partial charge in [0.15, 0.2) is 0 Å². The number of hydrogen-bond acceptors (Lipinski definition) is 1. The van der Waals surface area contributed by atoms with Gasteiger partial charge >= 0.3 is 0 Å². The summed E-state index contributed by atoms with van der Waals surface area (Å²) in [5.74, 6) is -0.178. The van der Waals surface area contributed by atoms with Crippen LogP contribution in [-0.4, -0.2) is 5.91 Å². The largest absolute Gasteiger partial charge is 0.325 e. The maximum Gasteiger partial charge on any atom is 0.232 e. The maximum absolute atomic E-state index is 13.3. The van der Waals surface area contributed by atoms with Crippen molar-refractivity contribution in [2.24, 2.45) is 5.92 Å². The molecule has 1 aliphatic rings. The summed E-state index contributed by atoms with van der Waals surface area (Å²) in [7, 11) is 0. The zero-order valence-corrected chi connectivity index (χ0v) is 11.0. The Balaban J connectivity index is 2.14. The third-order valence-corrected chi connectivity index (χ3v) is 3.72. The van der Waals surface area contributed by atoms with Gasteiger partial charge in [-0.2, -0.15) is 0 Å². The Kier molecular flexibility index (Phi) is 4.00. The average Bonchev–Trinajstić information content (AvgIpc) is 2.64. The molecule has 1 aromatic rings. The number of carbonyl (C=O) groups is 1. The lowest BCUT2D eigenvalue weighted by atomic mass is 9.85. The van der Waals surface area contributed by atoms with Gasteiger partial charge in [-0.3, -0.25) is 4.79 Å². The Bertz CT molecular complexity index is 444. The van der Waals surface area contributed by atoms with Crippen molar-refractivity contribution in [3.05, 3.63) is 29.6 Å². The highest BCUT2D eigenvalue weighted by atomic mass is 19.1. The van der Waals surface area contributed by atoms with Crippen LogP contribution in [-0.2, 0) is 4.79 Å². The van der Waals surface area contributed by atoms with E-state index in [0.717, 1.165) is 24.1 Å². The summed E-state index contributed by atoms with van der Waals surface area (Å²) < 4.78 is 13.3. The van der Waals surface area contributed by atoms with Crippen LogP contribution >= 0.6 is 0 Å². The van der Waals surface area contributed by atoms with Crippen LogP contribution in [0.25, 0.3) is 0 Å². The van der Waals surface area contributed by atoms with Gasteiger partial charge < -0.3 is 5.32 Å². The molecule has 0 aromatic heterocycles. The molecule has 98 valence electrons. The summed E-state index contributed by atoms with van der Waals surface area (Å²) in [6, 6.07) is 4.54. The topological polar surface area (TPSA) is 29.1 Å². The lowest BCUT2D eigenvalue weighted by molar-refractivity contribution is -0.118. The Morgan fingerprint density at radius 2 is 2.17 bits per heavy atom. The fourth-order valence-corrected chi connectivity index (χ4v) is 2.70. The van der Waals surface area contributed by atoms with Crippen molar-refractivity contribution in [3.63, 3.8) is 0 Å². The van der Waals surface area contributed by atoms with Crippen LogP contribution in [0.5, 0.6) is 0 Å². The molecule has 2 unspecified atom stereocenters. The molecule has 0 fully saturated rings. The summed E-state index contributed by atoms with van der Waals surface area (Å²) in [5, 5.41) is 2.84. The normalized spacial score (nSPS) is 19.5. The highest BCUT2D eigenvalue weighted by Crippen LogP contribution is 2.39. The standard InChI is InChI=1S/C15H20FNO/c1-3-4-5-6-10(2)14-12-9-11(16)7-8-13(12)17-15(14)18/h7-10,14H,3-6H2,1-2H3,(H,17,18). The van der Waals surface area contributed by atoms with Gasteiger partial charge in [-0.25, -0.2) is 4.39 Å². The van der Waals surface area contributed by atoms with E-state index in [-0.39, 0.29) is 23.6 Å². The summed E-state index contributed by atoms with van der Waals surface area (Å²) in [5.41, 5.74) is 1.60. The highest BCUT2D eigenvalue weighted by molar-refractivity contribution is 6.03. The van der Waals surface area contributed by atoms with E-state index in [9.17, 15) is 9.18 Å². The summed E-state index contributed by atoms with van der Waals surface area (Å²) in [6.07, 6.45) is 4.51. The van der Waals surface area contributed by atoms with Crippen LogP contribution in [0.4, 0.5) is 10.1 Å². The molecule has 1 amide bonds. The molecule has 0 spiro atoms. The minimum atomic E-state index is -0.268.